The van der Waals surface area contributed by atoms with E-state index in [4.69, 9.17) is 0 Å². The number of benzene rings is 2. The predicted molar refractivity (Wildman–Crippen MR) is 96.3 cm³/mol. The zero-order valence-electron chi connectivity index (χ0n) is 13.2. The van der Waals surface area contributed by atoms with E-state index in [1.165, 1.54) is 0 Å². The molecule has 1 saturated heterocycles. The minimum absolute atomic E-state index is 0.113. The Kier molecular flexibility index (Phi) is 4.78. The van der Waals surface area contributed by atoms with E-state index in [-0.39, 0.29) is 22.1 Å². The van der Waals surface area contributed by atoms with Crippen molar-refractivity contribution in [1.82, 2.24) is 4.31 Å². The van der Waals surface area contributed by atoms with Gasteiger partial charge in [0.2, 0.25) is 5.91 Å². The van der Waals surface area contributed by atoms with Gasteiger partial charge in [-0.2, -0.15) is 0 Å². The highest BCUT2D eigenvalue weighted by Gasteiger charge is 2.43. The van der Waals surface area contributed by atoms with E-state index in [0.29, 0.717) is 6.42 Å². The summed E-state index contributed by atoms with van der Waals surface area (Å²) in [4.78, 5) is 12.6. The fraction of sp³-hybridized carbons (Fsp3) is 0.278. The molecule has 4 nitrogen and oxygen atoms in total. The number of sulfonamides is 1. The van der Waals surface area contributed by atoms with Crippen molar-refractivity contribution in [3.05, 3.63) is 65.7 Å². The second-order valence-electron chi connectivity index (χ2n) is 5.92. The highest BCUT2D eigenvalue weighted by molar-refractivity contribution is 9.09. The van der Waals surface area contributed by atoms with Crippen molar-refractivity contribution in [3.63, 3.8) is 0 Å². The quantitative estimate of drug-likeness (QED) is 0.726. The first-order chi connectivity index (χ1) is 11.4. The Bertz CT molecular complexity index is 834. The van der Waals surface area contributed by atoms with E-state index in [2.05, 4.69) is 15.9 Å². The van der Waals surface area contributed by atoms with Crippen molar-refractivity contribution in [2.75, 3.05) is 0 Å². The fourth-order valence-electron chi connectivity index (χ4n) is 2.93. The average Bonchev–Trinajstić information content (AvgIpc) is 2.57. The van der Waals surface area contributed by atoms with Gasteiger partial charge in [-0.1, -0.05) is 64.0 Å². The maximum Gasteiger partial charge on any atom is 0.267 e. The smallest absolute Gasteiger partial charge is 0.267 e. The van der Waals surface area contributed by atoms with Gasteiger partial charge in [-0.25, -0.2) is 12.7 Å². The molecule has 0 saturated carbocycles. The molecule has 6 heteroatoms. The van der Waals surface area contributed by atoms with Crippen LogP contribution < -0.4 is 0 Å². The van der Waals surface area contributed by atoms with Crippen molar-refractivity contribution in [2.45, 2.75) is 35.5 Å². The van der Waals surface area contributed by atoms with Gasteiger partial charge < -0.3 is 0 Å². The third-order valence-corrected chi connectivity index (χ3v) is 6.97. The first-order valence-electron chi connectivity index (χ1n) is 7.74. The molecule has 0 unspecified atom stereocenters. The topological polar surface area (TPSA) is 54.5 Å². The van der Waals surface area contributed by atoms with Crippen LogP contribution in [0.5, 0.6) is 0 Å². The molecule has 0 radical (unpaired) electrons. The van der Waals surface area contributed by atoms with Crippen molar-refractivity contribution in [2.24, 2.45) is 0 Å². The van der Waals surface area contributed by atoms with Gasteiger partial charge >= 0.3 is 0 Å². The first kappa shape index (κ1) is 17.2. The van der Waals surface area contributed by atoms with Crippen LogP contribution in [0.2, 0.25) is 0 Å². The summed E-state index contributed by atoms with van der Waals surface area (Å²) in [5.74, 6) is -0.361. The molecule has 2 aromatic rings. The molecule has 1 amide bonds. The number of amides is 1. The van der Waals surface area contributed by atoms with E-state index >= 15 is 0 Å². The molecule has 126 valence electrons. The summed E-state index contributed by atoms with van der Waals surface area (Å²) in [5.41, 5.74) is 1.78. The highest BCUT2D eigenvalue weighted by atomic mass is 79.9. The summed E-state index contributed by atoms with van der Waals surface area (Å²) in [6.45, 7) is 1.89. The van der Waals surface area contributed by atoms with Gasteiger partial charge in [0, 0.05) is 11.2 Å². The van der Waals surface area contributed by atoms with Crippen LogP contribution in [0.3, 0.4) is 0 Å². The van der Waals surface area contributed by atoms with Crippen molar-refractivity contribution < 1.29 is 13.2 Å². The molecule has 1 aliphatic rings. The molecule has 1 heterocycles. The Morgan fingerprint density at radius 1 is 1.04 bits per heavy atom. The Hall–Kier alpha value is -1.66. The van der Waals surface area contributed by atoms with Gasteiger partial charge in [0.05, 0.1) is 10.9 Å². The maximum absolute atomic E-state index is 13.1. The van der Waals surface area contributed by atoms with Crippen LogP contribution in [-0.2, 0) is 14.8 Å². The molecule has 2 aromatic carbocycles. The predicted octanol–water partition coefficient (Wildman–Crippen LogP) is 3.81. The summed E-state index contributed by atoms with van der Waals surface area (Å²) < 4.78 is 27.3. The number of piperidine rings is 1. The monoisotopic (exact) mass is 407 g/mol. The van der Waals surface area contributed by atoms with E-state index in [1.807, 2.05) is 37.3 Å². The largest absolute Gasteiger partial charge is 0.274 e. The molecule has 0 spiro atoms. The van der Waals surface area contributed by atoms with Crippen LogP contribution in [0, 0.1) is 6.92 Å². The van der Waals surface area contributed by atoms with Crippen LogP contribution in [0.1, 0.15) is 30.0 Å². The molecule has 0 aromatic heterocycles. The van der Waals surface area contributed by atoms with Gasteiger partial charge in [-0.05, 0) is 31.0 Å². The summed E-state index contributed by atoms with van der Waals surface area (Å²) >= 11 is 3.58. The molecular weight excluding hydrogens is 390 g/mol. The molecule has 1 aliphatic heterocycles. The van der Waals surface area contributed by atoms with Gasteiger partial charge in [0.25, 0.3) is 10.0 Å². The summed E-state index contributed by atoms with van der Waals surface area (Å²) in [6, 6.07) is 15.3. The molecule has 0 bridgehead atoms. The number of nitrogens with zero attached hydrogens (tertiary/aromatic N) is 1. The Morgan fingerprint density at radius 2 is 1.67 bits per heavy atom. The number of hydrogen-bond donors (Lipinski definition) is 0. The lowest BCUT2D eigenvalue weighted by molar-refractivity contribution is -0.130. The second kappa shape index (κ2) is 6.69. The first-order valence-corrected chi connectivity index (χ1v) is 10.1. The lowest BCUT2D eigenvalue weighted by Crippen LogP contribution is -2.46. The number of carbonyl (C=O) groups is 1. The van der Waals surface area contributed by atoms with Gasteiger partial charge in [0.1, 0.15) is 0 Å². The van der Waals surface area contributed by atoms with Crippen LogP contribution >= 0.6 is 15.9 Å². The minimum atomic E-state index is -3.90. The number of alkyl halides is 1. The number of aryl methyl sites for hydroxylation is 1. The third kappa shape index (κ3) is 3.13. The van der Waals surface area contributed by atoms with E-state index in [0.717, 1.165) is 15.4 Å². The standard InChI is InChI=1S/C18H18BrNO3S/c1-13-7-9-15(10-8-13)24(22,23)20-17(21)12-11-16(19)18(20)14-5-3-2-4-6-14/h2-10,16,18H,11-12H2,1H3/t16-,18+/m1/s1. The zero-order valence-corrected chi connectivity index (χ0v) is 15.6. The van der Waals surface area contributed by atoms with Crippen LogP contribution in [0.4, 0.5) is 0 Å². The van der Waals surface area contributed by atoms with Crippen molar-refractivity contribution >= 4 is 31.9 Å². The van der Waals surface area contributed by atoms with E-state index in [9.17, 15) is 13.2 Å². The number of carbonyl (C=O) groups excluding carboxylic acids is 1. The number of rotatable bonds is 3. The average molecular weight is 408 g/mol. The molecule has 0 N–H and O–H groups in total. The molecule has 1 fully saturated rings. The minimum Gasteiger partial charge on any atom is -0.274 e. The lowest BCUT2D eigenvalue weighted by atomic mass is 9.97. The van der Waals surface area contributed by atoms with E-state index < -0.39 is 16.1 Å². The molecule has 3 rings (SSSR count). The molecule has 2 atom stereocenters. The van der Waals surface area contributed by atoms with Gasteiger partial charge in [-0.15, -0.1) is 0 Å². The van der Waals surface area contributed by atoms with Gasteiger partial charge in [0.15, 0.2) is 0 Å². The highest BCUT2D eigenvalue weighted by Crippen LogP contribution is 2.39. The molecule has 0 aliphatic carbocycles. The van der Waals surface area contributed by atoms with Crippen LogP contribution in [-0.4, -0.2) is 23.5 Å². The molecular formula is C18H18BrNO3S. The lowest BCUT2D eigenvalue weighted by Gasteiger charge is -2.38. The molecule has 24 heavy (non-hydrogen) atoms. The van der Waals surface area contributed by atoms with Crippen molar-refractivity contribution in [3.8, 4) is 0 Å². The number of hydrogen-bond acceptors (Lipinski definition) is 3. The summed E-state index contributed by atoms with van der Waals surface area (Å²) in [6.07, 6.45) is 0.822. The second-order valence-corrected chi connectivity index (χ2v) is 8.91. The van der Waals surface area contributed by atoms with Crippen LogP contribution in [0.25, 0.3) is 0 Å². The maximum atomic E-state index is 13.1. The number of halogens is 1. The normalized spacial score (nSPS) is 21.8. The summed E-state index contributed by atoms with van der Waals surface area (Å²) in [7, 11) is -3.90. The third-order valence-electron chi connectivity index (χ3n) is 4.19. The fourth-order valence-corrected chi connectivity index (χ4v) is 5.49. The summed E-state index contributed by atoms with van der Waals surface area (Å²) in [5, 5.41) is 0. The zero-order chi connectivity index (χ0) is 17.3. The Morgan fingerprint density at radius 3 is 2.29 bits per heavy atom. The SMILES string of the molecule is Cc1ccc(S(=O)(=O)N2C(=O)CC[C@@H](Br)[C@@H]2c2ccccc2)cc1. The van der Waals surface area contributed by atoms with Gasteiger partial charge in [-0.3, -0.25) is 4.79 Å². The van der Waals surface area contributed by atoms with Crippen LogP contribution in [0.15, 0.2) is 59.5 Å². The Balaban J connectivity index is 2.10. The van der Waals surface area contributed by atoms with E-state index in [1.54, 1.807) is 24.3 Å². The Labute approximate surface area is 150 Å². The van der Waals surface area contributed by atoms with Crippen molar-refractivity contribution in [1.29, 1.82) is 0 Å².